The first-order valence-electron chi connectivity index (χ1n) is 4.02. The Morgan fingerprint density at radius 2 is 2.07 bits per heavy atom. The molecule has 1 atom stereocenters. The molecule has 0 heterocycles. The third-order valence-electron chi connectivity index (χ3n) is 1.85. The number of aliphatic hydroxyl groups excluding tert-OH is 1. The zero-order chi connectivity index (χ0) is 10.6. The van der Waals surface area contributed by atoms with Crippen LogP contribution in [0.4, 0.5) is 0 Å². The number of aliphatic hydroxyl groups is 1. The molecule has 0 saturated heterocycles. The molecule has 0 bridgehead atoms. The molecule has 0 saturated carbocycles. The highest BCUT2D eigenvalue weighted by Crippen LogP contribution is 2.28. The molecule has 1 rings (SSSR count). The van der Waals surface area contributed by atoms with Crippen molar-refractivity contribution in [2.75, 3.05) is 14.2 Å². The van der Waals surface area contributed by atoms with Crippen molar-refractivity contribution in [2.45, 2.75) is 6.10 Å². The standard InChI is InChI=1S/C10H11NO3/c1-13-7-3-4-10(14-2)8(5-7)9(12)6-11/h3-5,9,12H,1-2H3/t9-/m1/s1. The Bertz CT molecular complexity index is 357. The van der Waals surface area contributed by atoms with Gasteiger partial charge >= 0.3 is 0 Å². The number of nitriles is 1. The van der Waals surface area contributed by atoms with Crippen molar-refractivity contribution in [1.29, 1.82) is 5.26 Å². The van der Waals surface area contributed by atoms with Crippen LogP contribution in [0.3, 0.4) is 0 Å². The van der Waals surface area contributed by atoms with E-state index in [2.05, 4.69) is 0 Å². The van der Waals surface area contributed by atoms with Gasteiger partial charge in [-0.25, -0.2) is 0 Å². The largest absolute Gasteiger partial charge is 0.497 e. The third-order valence-corrected chi connectivity index (χ3v) is 1.85. The van der Waals surface area contributed by atoms with Crippen molar-refractivity contribution in [3.8, 4) is 17.6 Å². The highest BCUT2D eigenvalue weighted by Gasteiger charge is 2.13. The molecule has 74 valence electrons. The topological polar surface area (TPSA) is 62.5 Å². The van der Waals surface area contributed by atoms with Gasteiger partial charge in [-0.3, -0.25) is 0 Å². The Hall–Kier alpha value is -1.73. The Balaban J connectivity index is 3.16. The minimum atomic E-state index is -1.19. The maximum absolute atomic E-state index is 9.36. The van der Waals surface area contributed by atoms with Crippen molar-refractivity contribution in [3.05, 3.63) is 23.8 Å². The average molecular weight is 193 g/mol. The van der Waals surface area contributed by atoms with Gasteiger partial charge in [0.2, 0.25) is 0 Å². The van der Waals surface area contributed by atoms with Gasteiger partial charge in [0.15, 0.2) is 6.10 Å². The highest BCUT2D eigenvalue weighted by molar-refractivity contribution is 5.43. The van der Waals surface area contributed by atoms with E-state index in [0.717, 1.165) is 0 Å². The van der Waals surface area contributed by atoms with Gasteiger partial charge in [-0.1, -0.05) is 0 Å². The monoisotopic (exact) mass is 193 g/mol. The number of methoxy groups -OCH3 is 2. The van der Waals surface area contributed by atoms with Gasteiger partial charge in [0.05, 0.1) is 20.3 Å². The van der Waals surface area contributed by atoms with E-state index in [1.54, 1.807) is 24.3 Å². The maximum Gasteiger partial charge on any atom is 0.169 e. The first-order valence-corrected chi connectivity index (χ1v) is 4.02. The molecular weight excluding hydrogens is 182 g/mol. The molecule has 0 amide bonds. The summed E-state index contributed by atoms with van der Waals surface area (Å²) < 4.78 is 9.97. The number of hydrogen-bond donors (Lipinski definition) is 1. The van der Waals surface area contributed by atoms with E-state index >= 15 is 0 Å². The molecule has 0 aliphatic rings. The first kappa shape index (κ1) is 10.4. The second kappa shape index (κ2) is 4.49. The summed E-state index contributed by atoms with van der Waals surface area (Å²) in [4.78, 5) is 0. The molecule has 0 aromatic heterocycles. The predicted octanol–water partition coefficient (Wildman–Crippen LogP) is 1.26. The van der Waals surface area contributed by atoms with Crippen LogP contribution in [0, 0.1) is 11.3 Å². The number of hydrogen-bond acceptors (Lipinski definition) is 4. The van der Waals surface area contributed by atoms with Crippen LogP contribution in [0.2, 0.25) is 0 Å². The number of ether oxygens (including phenoxy) is 2. The van der Waals surface area contributed by atoms with Crippen molar-refractivity contribution in [1.82, 2.24) is 0 Å². The Morgan fingerprint density at radius 1 is 1.36 bits per heavy atom. The summed E-state index contributed by atoms with van der Waals surface area (Å²) in [5.41, 5.74) is 0.411. The molecule has 0 fully saturated rings. The van der Waals surface area contributed by atoms with Crippen LogP contribution in [0.1, 0.15) is 11.7 Å². The van der Waals surface area contributed by atoms with Crippen molar-refractivity contribution in [2.24, 2.45) is 0 Å². The fourth-order valence-corrected chi connectivity index (χ4v) is 1.12. The smallest absolute Gasteiger partial charge is 0.169 e. The van der Waals surface area contributed by atoms with Gasteiger partial charge in [0, 0.05) is 5.56 Å². The molecule has 0 unspecified atom stereocenters. The van der Waals surface area contributed by atoms with Gasteiger partial charge < -0.3 is 14.6 Å². The van der Waals surface area contributed by atoms with Gasteiger partial charge in [-0.2, -0.15) is 5.26 Å². The summed E-state index contributed by atoms with van der Waals surface area (Å²) >= 11 is 0. The Morgan fingerprint density at radius 3 is 2.57 bits per heavy atom. The number of benzene rings is 1. The van der Waals surface area contributed by atoms with Crippen LogP contribution in [0.5, 0.6) is 11.5 Å². The number of nitrogens with zero attached hydrogens (tertiary/aromatic N) is 1. The molecular formula is C10H11NO3. The van der Waals surface area contributed by atoms with E-state index in [9.17, 15) is 5.11 Å². The third kappa shape index (κ3) is 1.95. The fraction of sp³-hybridized carbons (Fsp3) is 0.300. The van der Waals surface area contributed by atoms with E-state index in [1.165, 1.54) is 14.2 Å². The van der Waals surface area contributed by atoms with Crippen molar-refractivity contribution < 1.29 is 14.6 Å². The molecule has 1 aromatic carbocycles. The maximum atomic E-state index is 9.36. The van der Waals surface area contributed by atoms with Gasteiger partial charge in [-0.15, -0.1) is 0 Å². The molecule has 0 aliphatic heterocycles. The molecule has 1 N–H and O–H groups in total. The van der Waals surface area contributed by atoms with Gasteiger partial charge in [0.1, 0.15) is 11.5 Å². The Kier molecular flexibility index (Phi) is 3.32. The average Bonchev–Trinajstić information content (AvgIpc) is 2.27. The quantitative estimate of drug-likeness (QED) is 0.734. The zero-order valence-corrected chi connectivity index (χ0v) is 8.02. The molecule has 0 spiro atoms. The van der Waals surface area contributed by atoms with Crippen LogP contribution < -0.4 is 9.47 Å². The molecule has 14 heavy (non-hydrogen) atoms. The van der Waals surface area contributed by atoms with Crippen molar-refractivity contribution in [3.63, 3.8) is 0 Å². The minimum absolute atomic E-state index is 0.411. The minimum Gasteiger partial charge on any atom is -0.497 e. The zero-order valence-electron chi connectivity index (χ0n) is 8.02. The first-order chi connectivity index (χ1) is 6.72. The van der Waals surface area contributed by atoms with E-state index in [-0.39, 0.29) is 0 Å². The molecule has 0 radical (unpaired) electrons. The van der Waals surface area contributed by atoms with Crippen LogP contribution in [0.15, 0.2) is 18.2 Å². The lowest BCUT2D eigenvalue weighted by molar-refractivity contribution is 0.229. The molecule has 4 nitrogen and oxygen atoms in total. The second-order valence-corrected chi connectivity index (χ2v) is 2.64. The molecule has 4 heteroatoms. The summed E-state index contributed by atoms with van der Waals surface area (Å²) in [6.07, 6.45) is -1.19. The normalized spacial score (nSPS) is 11.6. The second-order valence-electron chi connectivity index (χ2n) is 2.64. The lowest BCUT2D eigenvalue weighted by atomic mass is 10.1. The van der Waals surface area contributed by atoms with Crippen LogP contribution in [0.25, 0.3) is 0 Å². The van der Waals surface area contributed by atoms with Crippen molar-refractivity contribution >= 4 is 0 Å². The lowest BCUT2D eigenvalue weighted by Gasteiger charge is -2.10. The van der Waals surface area contributed by atoms with Crippen LogP contribution in [-0.2, 0) is 0 Å². The van der Waals surface area contributed by atoms with Gasteiger partial charge in [-0.05, 0) is 18.2 Å². The predicted molar refractivity (Wildman–Crippen MR) is 50.1 cm³/mol. The van der Waals surface area contributed by atoms with E-state index in [4.69, 9.17) is 14.7 Å². The molecule has 0 aliphatic carbocycles. The summed E-state index contributed by atoms with van der Waals surface area (Å²) in [5, 5.41) is 17.9. The van der Waals surface area contributed by atoms with Gasteiger partial charge in [0.25, 0.3) is 0 Å². The molecule has 1 aromatic rings. The fourth-order valence-electron chi connectivity index (χ4n) is 1.12. The Labute approximate surface area is 82.3 Å². The SMILES string of the molecule is COc1ccc(OC)c([C@H](O)C#N)c1. The van der Waals surface area contributed by atoms with E-state index in [1.807, 2.05) is 0 Å². The lowest BCUT2D eigenvalue weighted by Crippen LogP contribution is -1.98. The van der Waals surface area contributed by atoms with Crippen LogP contribution in [-0.4, -0.2) is 19.3 Å². The summed E-state index contributed by atoms with van der Waals surface area (Å²) in [5.74, 6) is 1.05. The summed E-state index contributed by atoms with van der Waals surface area (Å²) in [6, 6.07) is 6.65. The van der Waals surface area contributed by atoms with E-state index in [0.29, 0.717) is 17.1 Å². The highest BCUT2D eigenvalue weighted by atomic mass is 16.5. The summed E-state index contributed by atoms with van der Waals surface area (Å²) in [6.45, 7) is 0. The van der Waals surface area contributed by atoms with E-state index < -0.39 is 6.10 Å². The van der Waals surface area contributed by atoms with Crippen LogP contribution >= 0.6 is 0 Å². The summed E-state index contributed by atoms with van der Waals surface area (Å²) in [7, 11) is 3.00. The number of rotatable bonds is 3.